The average molecular weight is 360 g/mol. The molecule has 0 radical (unpaired) electrons. The number of amides is 2. The molecule has 2 amide bonds. The summed E-state index contributed by atoms with van der Waals surface area (Å²) in [6.07, 6.45) is 1.55. The lowest BCUT2D eigenvalue weighted by Gasteiger charge is -2.14. The second kappa shape index (κ2) is 7.81. The van der Waals surface area contributed by atoms with Crippen molar-refractivity contribution in [2.24, 2.45) is 5.92 Å². The molecule has 136 valence electrons. The average Bonchev–Trinajstić information content (AvgIpc) is 3.23. The van der Waals surface area contributed by atoms with E-state index >= 15 is 0 Å². The van der Waals surface area contributed by atoms with Gasteiger partial charge < -0.3 is 19.4 Å². The van der Waals surface area contributed by atoms with Crippen LogP contribution in [0.3, 0.4) is 0 Å². The van der Waals surface area contributed by atoms with Gasteiger partial charge in [-0.1, -0.05) is 6.07 Å². The molecule has 26 heavy (non-hydrogen) atoms. The van der Waals surface area contributed by atoms with Gasteiger partial charge in [-0.25, -0.2) is 4.39 Å². The molecule has 0 bridgehead atoms. The lowest BCUT2D eigenvalue weighted by atomic mass is 10.1. The van der Waals surface area contributed by atoms with Crippen LogP contribution in [0.1, 0.15) is 12.2 Å². The Labute approximate surface area is 148 Å². The molecule has 0 aliphatic carbocycles. The van der Waals surface area contributed by atoms with Crippen LogP contribution in [0, 0.1) is 11.7 Å². The largest absolute Gasteiger partial charge is 0.467 e. The second-order valence-corrected chi connectivity index (χ2v) is 5.92. The number of esters is 1. The monoisotopic (exact) mass is 360 g/mol. The van der Waals surface area contributed by atoms with E-state index in [0.29, 0.717) is 5.76 Å². The maximum Gasteiger partial charge on any atom is 0.311 e. The molecule has 1 aliphatic rings. The summed E-state index contributed by atoms with van der Waals surface area (Å²) in [7, 11) is 0. The van der Waals surface area contributed by atoms with Crippen LogP contribution in [0.15, 0.2) is 47.1 Å². The highest BCUT2D eigenvalue weighted by Gasteiger charge is 2.35. The van der Waals surface area contributed by atoms with Gasteiger partial charge >= 0.3 is 5.97 Å². The van der Waals surface area contributed by atoms with E-state index in [-0.39, 0.29) is 31.1 Å². The number of anilines is 1. The Morgan fingerprint density at radius 3 is 2.88 bits per heavy atom. The Balaban J connectivity index is 1.46. The zero-order chi connectivity index (χ0) is 18.5. The molecule has 1 atom stereocenters. The van der Waals surface area contributed by atoms with Gasteiger partial charge in [0.25, 0.3) is 5.91 Å². The van der Waals surface area contributed by atoms with Crippen molar-refractivity contribution in [1.82, 2.24) is 4.90 Å². The van der Waals surface area contributed by atoms with Crippen LogP contribution >= 0.6 is 0 Å². The third kappa shape index (κ3) is 4.47. The molecule has 0 unspecified atom stereocenters. The number of furan rings is 1. The molecule has 1 aromatic carbocycles. The number of nitrogens with one attached hydrogen (secondary N) is 1. The van der Waals surface area contributed by atoms with E-state index in [1.807, 2.05) is 0 Å². The minimum atomic E-state index is -0.626. The molecule has 1 aromatic heterocycles. The Hall–Kier alpha value is -3.16. The molecule has 1 saturated heterocycles. The Morgan fingerprint density at radius 2 is 2.15 bits per heavy atom. The zero-order valence-electron chi connectivity index (χ0n) is 13.8. The predicted molar refractivity (Wildman–Crippen MR) is 88.2 cm³/mol. The summed E-state index contributed by atoms with van der Waals surface area (Å²) in [4.78, 5) is 37.4. The van der Waals surface area contributed by atoms with E-state index in [2.05, 4.69) is 5.32 Å². The van der Waals surface area contributed by atoms with Crippen molar-refractivity contribution in [1.29, 1.82) is 0 Å². The second-order valence-electron chi connectivity index (χ2n) is 5.92. The molecule has 7 nitrogen and oxygen atoms in total. The molecule has 8 heteroatoms. The summed E-state index contributed by atoms with van der Waals surface area (Å²) in [5, 5.41) is 2.43. The SMILES string of the molecule is O=C(COC(=O)[C@@H]1CC(=O)N(Cc2ccco2)C1)Nc1cccc(F)c1. The summed E-state index contributed by atoms with van der Waals surface area (Å²) < 4.78 is 23.2. The number of rotatable bonds is 6. The third-order valence-corrected chi connectivity index (χ3v) is 3.93. The summed E-state index contributed by atoms with van der Waals surface area (Å²) in [6, 6.07) is 8.84. The van der Waals surface area contributed by atoms with Gasteiger partial charge in [-0.15, -0.1) is 0 Å². The first-order valence-corrected chi connectivity index (χ1v) is 8.03. The predicted octanol–water partition coefficient (Wildman–Crippen LogP) is 1.95. The highest BCUT2D eigenvalue weighted by atomic mass is 19.1. The summed E-state index contributed by atoms with van der Waals surface area (Å²) in [5.74, 6) is -1.86. The normalized spacial score (nSPS) is 16.6. The molecule has 1 N–H and O–H groups in total. The topological polar surface area (TPSA) is 88.9 Å². The van der Waals surface area contributed by atoms with Crippen molar-refractivity contribution >= 4 is 23.5 Å². The van der Waals surface area contributed by atoms with E-state index in [9.17, 15) is 18.8 Å². The molecule has 0 saturated carbocycles. The number of benzene rings is 1. The number of carbonyl (C=O) groups is 3. The summed E-state index contributed by atoms with van der Waals surface area (Å²) in [6.45, 7) is -0.00221. The molecule has 3 rings (SSSR count). The van der Waals surface area contributed by atoms with Crippen molar-refractivity contribution in [3.63, 3.8) is 0 Å². The molecule has 1 fully saturated rings. The van der Waals surface area contributed by atoms with Gasteiger partial charge in [-0.3, -0.25) is 14.4 Å². The number of halogens is 1. The first kappa shape index (κ1) is 17.7. The lowest BCUT2D eigenvalue weighted by molar-refractivity contribution is -0.151. The van der Waals surface area contributed by atoms with Gasteiger partial charge in [0.05, 0.1) is 18.7 Å². The molecule has 1 aliphatic heterocycles. The number of carbonyl (C=O) groups excluding carboxylic acids is 3. The van der Waals surface area contributed by atoms with Crippen LogP contribution in [0.2, 0.25) is 0 Å². The highest BCUT2D eigenvalue weighted by Crippen LogP contribution is 2.21. The fraction of sp³-hybridized carbons (Fsp3) is 0.278. The molecular weight excluding hydrogens is 343 g/mol. The van der Waals surface area contributed by atoms with Crippen molar-refractivity contribution in [3.05, 3.63) is 54.2 Å². The zero-order valence-corrected chi connectivity index (χ0v) is 13.8. The Kier molecular flexibility index (Phi) is 5.31. The van der Waals surface area contributed by atoms with E-state index < -0.39 is 30.2 Å². The van der Waals surface area contributed by atoms with Crippen LogP contribution in [0.5, 0.6) is 0 Å². The van der Waals surface area contributed by atoms with Crippen molar-refractivity contribution in [2.75, 3.05) is 18.5 Å². The summed E-state index contributed by atoms with van der Waals surface area (Å²) >= 11 is 0. The standard InChI is InChI=1S/C18H17FN2O5/c19-13-3-1-4-14(8-13)20-16(22)11-26-18(24)12-7-17(23)21(9-12)10-15-5-2-6-25-15/h1-6,8,12H,7,9-11H2,(H,20,22)/t12-/m1/s1. The Bertz CT molecular complexity index is 806. The molecule has 2 heterocycles. The van der Waals surface area contributed by atoms with E-state index in [1.54, 1.807) is 12.1 Å². The minimum Gasteiger partial charge on any atom is -0.467 e. The van der Waals surface area contributed by atoms with Gasteiger partial charge in [0.15, 0.2) is 6.61 Å². The maximum atomic E-state index is 13.1. The third-order valence-electron chi connectivity index (χ3n) is 3.93. The van der Waals surface area contributed by atoms with Gasteiger partial charge in [-0.05, 0) is 30.3 Å². The Morgan fingerprint density at radius 1 is 1.31 bits per heavy atom. The lowest BCUT2D eigenvalue weighted by Crippen LogP contribution is -2.28. The minimum absolute atomic E-state index is 0.0328. The quantitative estimate of drug-likeness (QED) is 0.796. The van der Waals surface area contributed by atoms with Gasteiger partial charge in [-0.2, -0.15) is 0 Å². The summed E-state index contributed by atoms with van der Waals surface area (Å²) in [5.41, 5.74) is 0.270. The van der Waals surface area contributed by atoms with E-state index in [1.165, 1.54) is 29.4 Å². The number of likely N-dealkylation sites (tertiary alicyclic amines) is 1. The molecule has 2 aromatic rings. The number of nitrogens with zero attached hydrogens (tertiary/aromatic N) is 1. The number of ether oxygens (including phenoxy) is 1. The fourth-order valence-corrected chi connectivity index (χ4v) is 2.69. The smallest absolute Gasteiger partial charge is 0.311 e. The van der Waals surface area contributed by atoms with Crippen LogP contribution in [0.4, 0.5) is 10.1 Å². The van der Waals surface area contributed by atoms with Crippen LogP contribution in [-0.4, -0.2) is 35.8 Å². The van der Waals surface area contributed by atoms with Crippen LogP contribution in [-0.2, 0) is 25.7 Å². The van der Waals surface area contributed by atoms with Crippen LogP contribution in [0.25, 0.3) is 0 Å². The van der Waals surface area contributed by atoms with Gasteiger partial charge in [0, 0.05) is 18.7 Å². The van der Waals surface area contributed by atoms with Crippen molar-refractivity contribution in [2.45, 2.75) is 13.0 Å². The molecular formula is C18H17FN2O5. The fourth-order valence-electron chi connectivity index (χ4n) is 2.69. The van der Waals surface area contributed by atoms with Crippen LogP contribution < -0.4 is 5.32 Å². The van der Waals surface area contributed by atoms with Gasteiger partial charge in [0.1, 0.15) is 11.6 Å². The van der Waals surface area contributed by atoms with E-state index in [4.69, 9.17) is 9.15 Å². The van der Waals surface area contributed by atoms with Crippen molar-refractivity contribution < 1.29 is 27.9 Å². The number of hydrogen-bond donors (Lipinski definition) is 1. The highest BCUT2D eigenvalue weighted by molar-refractivity contribution is 5.93. The number of hydrogen-bond acceptors (Lipinski definition) is 5. The molecule has 0 spiro atoms. The van der Waals surface area contributed by atoms with Gasteiger partial charge in [0.2, 0.25) is 5.91 Å². The van der Waals surface area contributed by atoms with E-state index in [0.717, 1.165) is 6.07 Å². The maximum absolute atomic E-state index is 13.1. The van der Waals surface area contributed by atoms with Crippen molar-refractivity contribution in [3.8, 4) is 0 Å². The first-order chi connectivity index (χ1) is 12.5. The first-order valence-electron chi connectivity index (χ1n) is 8.03.